The second-order valence-electron chi connectivity index (χ2n) is 0.217. The monoisotopic (exact) mass is 149 g/mol. The molecule has 0 saturated carbocycles. The van der Waals surface area contributed by atoms with Gasteiger partial charge in [-0.05, 0) is 0 Å². The minimum atomic E-state index is -2.86. The van der Waals surface area contributed by atoms with Crippen LogP contribution in [0, 0.1) is 0 Å². The summed E-state index contributed by atoms with van der Waals surface area (Å²) in [4.78, 5) is 0. The van der Waals surface area contributed by atoms with Crippen molar-refractivity contribution in [1.29, 1.82) is 0 Å². The van der Waals surface area contributed by atoms with Crippen LogP contribution in [0.5, 0.6) is 0 Å². The molecule has 0 aromatic carbocycles. The van der Waals surface area contributed by atoms with Crippen LogP contribution in [-0.4, -0.2) is 74.1 Å². The van der Waals surface area contributed by atoms with Gasteiger partial charge in [-0.1, -0.05) is 0 Å². The molecule has 6 heavy (non-hydrogen) atoms. The zero-order valence-corrected chi connectivity index (χ0v) is 7.53. The molecule has 0 rings (SSSR count). The largest absolute Gasteiger partial charge is 2.00 e. The van der Waals surface area contributed by atoms with Crippen LogP contribution in [0.4, 0.5) is 0 Å². The van der Waals surface area contributed by atoms with Crippen LogP contribution >= 0.6 is 0 Å². The van der Waals surface area contributed by atoms with Crippen molar-refractivity contribution in [2.24, 2.45) is 0 Å². The van der Waals surface area contributed by atoms with E-state index in [4.69, 9.17) is 13.3 Å². The normalized spacial score (nSPS) is 10.3. The Morgan fingerprint density at radius 2 is 1.83 bits per heavy atom. The van der Waals surface area contributed by atoms with Gasteiger partial charge in [-0.25, -0.2) is 4.21 Å². The maximum absolute atomic E-state index is 8.56. The zero-order valence-electron chi connectivity index (χ0n) is 7.09. The zero-order chi connectivity index (χ0) is 3.58. The molecule has 0 bridgehead atoms. The number of rotatable bonds is 0. The van der Waals surface area contributed by atoms with Crippen LogP contribution < -0.4 is 0 Å². The molecule has 0 aliphatic carbocycles. The van der Waals surface area contributed by atoms with Crippen LogP contribution in [0.15, 0.2) is 0 Å². The second-order valence-corrected chi connectivity index (χ2v) is 0.651. The summed E-state index contributed by atoms with van der Waals surface area (Å²) in [6.45, 7) is 0. The molecule has 6 heteroatoms. The van der Waals surface area contributed by atoms with Gasteiger partial charge in [-0.15, -0.1) is 0 Å². The summed E-state index contributed by atoms with van der Waals surface area (Å²) in [5.41, 5.74) is 0. The SMILES string of the molecule is O=S([O-])O.[Ca+2].[H-].[H-].[H-].[H-].[Mg+2]. The molecule has 0 aliphatic heterocycles. The molecular formula is H5CaMgO3S-. The topological polar surface area (TPSA) is 60.4 Å². The van der Waals surface area contributed by atoms with E-state index in [0.717, 1.165) is 0 Å². The van der Waals surface area contributed by atoms with Crippen LogP contribution in [0.25, 0.3) is 0 Å². The molecule has 1 unspecified atom stereocenters. The second kappa shape index (κ2) is 10.2. The number of hydrogen-bond donors (Lipinski definition) is 1. The van der Waals surface area contributed by atoms with Gasteiger partial charge in [0.15, 0.2) is 0 Å². The maximum atomic E-state index is 8.56. The minimum absolute atomic E-state index is 0. The Bertz CT molecular complexity index is 43.5. The Labute approximate surface area is 90.1 Å². The first kappa shape index (κ1) is 15.7. The quantitative estimate of drug-likeness (QED) is 0.356. The summed E-state index contributed by atoms with van der Waals surface area (Å²) in [6, 6.07) is 0. The van der Waals surface area contributed by atoms with Crippen LogP contribution in [-0.2, 0) is 11.4 Å². The van der Waals surface area contributed by atoms with E-state index in [1.165, 1.54) is 0 Å². The summed E-state index contributed by atoms with van der Waals surface area (Å²) < 4.78 is 24.1. The number of hydrogen-bond acceptors (Lipinski definition) is 2. The van der Waals surface area contributed by atoms with Crippen molar-refractivity contribution in [2.45, 2.75) is 0 Å². The molecule has 0 aromatic rings. The van der Waals surface area contributed by atoms with Crippen molar-refractivity contribution in [3.8, 4) is 0 Å². The van der Waals surface area contributed by atoms with Crippen LogP contribution in [0.2, 0.25) is 0 Å². The van der Waals surface area contributed by atoms with E-state index in [1.807, 2.05) is 0 Å². The molecule has 0 aliphatic rings. The van der Waals surface area contributed by atoms with E-state index in [0.29, 0.717) is 0 Å². The average molecular weight is 149 g/mol. The Kier molecular flexibility index (Phi) is 26.6. The fourth-order valence-electron chi connectivity index (χ4n) is 0. The molecule has 0 amide bonds. The third-order valence-corrected chi connectivity index (χ3v) is 0. The van der Waals surface area contributed by atoms with E-state index in [2.05, 4.69) is 0 Å². The van der Waals surface area contributed by atoms with Gasteiger partial charge in [0.05, 0.1) is 11.4 Å². The summed E-state index contributed by atoms with van der Waals surface area (Å²) in [6.07, 6.45) is 0. The van der Waals surface area contributed by atoms with Gasteiger partial charge in [0, 0.05) is 0 Å². The first-order valence-corrected chi connectivity index (χ1v) is 1.55. The summed E-state index contributed by atoms with van der Waals surface area (Å²) in [7, 11) is 0. The molecule has 0 heterocycles. The van der Waals surface area contributed by atoms with E-state index in [-0.39, 0.29) is 66.5 Å². The predicted octanol–water partition coefficient (Wildman–Crippen LogP) is -0.973. The van der Waals surface area contributed by atoms with Crippen molar-refractivity contribution < 1.29 is 19.0 Å². The summed E-state index contributed by atoms with van der Waals surface area (Å²) >= 11 is -2.86. The summed E-state index contributed by atoms with van der Waals surface area (Å²) in [5, 5.41) is 0. The van der Waals surface area contributed by atoms with E-state index in [9.17, 15) is 0 Å². The molecule has 0 aromatic heterocycles. The van der Waals surface area contributed by atoms with E-state index < -0.39 is 11.4 Å². The Hall–Kier alpha value is 2.10. The fraction of sp³-hybridized carbons (Fsp3) is 0. The fourth-order valence-corrected chi connectivity index (χ4v) is 0. The Balaban J connectivity index is -0.00000000300. The molecule has 1 N–H and O–H groups in total. The molecule has 3 nitrogen and oxygen atoms in total. The van der Waals surface area contributed by atoms with Crippen molar-refractivity contribution in [2.75, 3.05) is 0 Å². The maximum Gasteiger partial charge on any atom is 2.00 e. The molecule has 0 saturated heterocycles. The van der Waals surface area contributed by atoms with Crippen molar-refractivity contribution in [3.05, 3.63) is 0 Å². The minimum Gasteiger partial charge on any atom is -1.00 e. The van der Waals surface area contributed by atoms with Crippen molar-refractivity contribution >= 4 is 72.2 Å². The van der Waals surface area contributed by atoms with Gasteiger partial charge in [0.2, 0.25) is 0 Å². The van der Waals surface area contributed by atoms with Gasteiger partial charge in [0.1, 0.15) is 0 Å². The Morgan fingerprint density at radius 3 is 1.83 bits per heavy atom. The van der Waals surface area contributed by atoms with Gasteiger partial charge in [-0.3, -0.25) is 0 Å². The third kappa shape index (κ3) is 36.0. The standard InChI is InChI=1S/Ca.Mg.H2O3S.4H/c;;1-4(2)3;;;;/h;;(H2,1,2,3);;;;/q2*+2;;4*-1/p-1. The predicted molar refractivity (Wildman–Crippen MR) is 27.5 cm³/mol. The smallest absolute Gasteiger partial charge is 1.00 e. The van der Waals surface area contributed by atoms with Crippen molar-refractivity contribution in [1.82, 2.24) is 0 Å². The van der Waals surface area contributed by atoms with E-state index >= 15 is 0 Å². The Morgan fingerprint density at radius 1 is 1.83 bits per heavy atom. The van der Waals surface area contributed by atoms with Crippen molar-refractivity contribution in [3.63, 3.8) is 0 Å². The molecule has 34 valence electrons. The van der Waals surface area contributed by atoms with Gasteiger partial charge >= 0.3 is 60.8 Å². The van der Waals surface area contributed by atoms with E-state index in [1.54, 1.807) is 0 Å². The first-order valence-electron chi connectivity index (χ1n) is 0.516. The van der Waals surface area contributed by atoms with Gasteiger partial charge in [-0.2, -0.15) is 0 Å². The van der Waals surface area contributed by atoms with Gasteiger partial charge in [0.25, 0.3) is 0 Å². The average Bonchev–Trinajstić information content (AvgIpc) is 0.811. The molecule has 0 radical (unpaired) electrons. The molecule has 0 spiro atoms. The van der Waals surface area contributed by atoms with Gasteiger partial charge < -0.3 is 14.8 Å². The van der Waals surface area contributed by atoms with Crippen LogP contribution in [0.3, 0.4) is 0 Å². The molecular weight excluding hydrogens is 144 g/mol. The third-order valence-electron chi connectivity index (χ3n) is 0. The van der Waals surface area contributed by atoms with Crippen LogP contribution in [0.1, 0.15) is 5.71 Å². The summed E-state index contributed by atoms with van der Waals surface area (Å²) in [5.74, 6) is 0. The first-order chi connectivity index (χ1) is 1.73. The molecule has 1 atom stereocenters. The molecule has 0 fully saturated rings.